The molecule has 0 aliphatic heterocycles. The molecule has 6 heteroatoms. The van der Waals surface area contributed by atoms with Crippen molar-refractivity contribution in [2.24, 2.45) is 4.99 Å². The average molecular weight is 404 g/mol. The van der Waals surface area contributed by atoms with E-state index in [4.69, 9.17) is 0 Å². The monoisotopic (exact) mass is 404 g/mol. The fraction of sp³-hybridized carbons (Fsp3) is 0.467. The summed E-state index contributed by atoms with van der Waals surface area (Å²) in [5.74, 6) is 0.885. The minimum atomic E-state index is 0. The van der Waals surface area contributed by atoms with Gasteiger partial charge in [-0.15, -0.1) is 24.0 Å². The Morgan fingerprint density at radius 3 is 2.19 bits per heavy atom. The first-order valence-corrected chi connectivity index (χ1v) is 6.70. The van der Waals surface area contributed by atoms with E-state index in [-0.39, 0.29) is 29.9 Å². The predicted octanol–water partition coefficient (Wildman–Crippen LogP) is 1.79. The quantitative estimate of drug-likeness (QED) is 0.463. The lowest BCUT2D eigenvalue weighted by Crippen LogP contribution is -2.35. The van der Waals surface area contributed by atoms with Crippen molar-refractivity contribution >= 4 is 35.8 Å². The van der Waals surface area contributed by atoms with E-state index in [1.54, 1.807) is 0 Å². The van der Waals surface area contributed by atoms with Crippen LogP contribution in [0.2, 0.25) is 0 Å². The van der Waals surface area contributed by atoms with Crippen LogP contribution in [0.1, 0.15) is 12.0 Å². The maximum atomic E-state index is 11.7. The lowest BCUT2D eigenvalue weighted by atomic mass is 10.2. The normalized spacial score (nSPS) is 9.33. The molecule has 0 aliphatic rings. The molecule has 1 amide bonds. The van der Waals surface area contributed by atoms with Gasteiger partial charge in [0.2, 0.25) is 5.91 Å². The molecular weight excluding hydrogens is 379 g/mol. The van der Waals surface area contributed by atoms with Crippen LogP contribution in [0.15, 0.2) is 35.3 Å². The summed E-state index contributed by atoms with van der Waals surface area (Å²) in [6, 6.07) is 9.88. The molecule has 0 bridgehead atoms. The molecule has 21 heavy (non-hydrogen) atoms. The SMILES string of the molecule is CN(C)C(=NCCC(=O)NCc1ccccc1)N(C)C.I. The smallest absolute Gasteiger partial charge is 0.222 e. The summed E-state index contributed by atoms with van der Waals surface area (Å²) in [5, 5.41) is 2.90. The van der Waals surface area contributed by atoms with Gasteiger partial charge in [0, 0.05) is 41.2 Å². The number of nitrogens with one attached hydrogen (secondary N) is 1. The van der Waals surface area contributed by atoms with Crippen molar-refractivity contribution in [2.75, 3.05) is 34.7 Å². The van der Waals surface area contributed by atoms with Crippen molar-refractivity contribution in [3.63, 3.8) is 0 Å². The second-order valence-electron chi connectivity index (χ2n) is 4.98. The summed E-state index contributed by atoms with van der Waals surface area (Å²) in [6.07, 6.45) is 0.401. The maximum absolute atomic E-state index is 11.7. The van der Waals surface area contributed by atoms with Gasteiger partial charge in [-0.1, -0.05) is 30.3 Å². The van der Waals surface area contributed by atoms with E-state index in [9.17, 15) is 4.79 Å². The zero-order valence-electron chi connectivity index (χ0n) is 13.2. The number of nitrogens with zero attached hydrogens (tertiary/aromatic N) is 3. The van der Waals surface area contributed by atoms with Crippen LogP contribution < -0.4 is 5.32 Å². The predicted molar refractivity (Wildman–Crippen MR) is 98.0 cm³/mol. The van der Waals surface area contributed by atoms with Crippen molar-refractivity contribution in [3.05, 3.63) is 35.9 Å². The summed E-state index contributed by atoms with van der Waals surface area (Å²) in [4.78, 5) is 20.0. The van der Waals surface area contributed by atoms with E-state index in [1.165, 1.54) is 0 Å². The lowest BCUT2D eigenvalue weighted by molar-refractivity contribution is -0.121. The van der Waals surface area contributed by atoms with Crippen LogP contribution in [0, 0.1) is 0 Å². The molecule has 0 heterocycles. The van der Waals surface area contributed by atoms with Gasteiger partial charge in [0.15, 0.2) is 5.96 Å². The summed E-state index contributed by atoms with van der Waals surface area (Å²) in [5.41, 5.74) is 1.10. The Kier molecular flexibility index (Phi) is 9.77. The number of hydrogen-bond acceptors (Lipinski definition) is 2. The van der Waals surface area contributed by atoms with E-state index in [1.807, 2.05) is 68.3 Å². The number of rotatable bonds is 5. The fourth-order valence-electron chi connectivity index (χ4n) is 1.83. The first kappa shape index (κ1) is 19.7. The molecular formula is C15H25IN4O. The van der Waals surface area contributed by atoms with Gasteiger partial charge in [-0.05, 0) is 5.56 Å². The van der Waals surface area contributed by atoms with Crippen LogP contribution in [0.5, 0.6) is 0 Å². The Hall–Kier alpha value is -1.31. The number of hydrogen-bond donors (Lipinski definition) is 1. The number of amides is 1. The second kappa shape index (κ2) is 10.4. The Morgan fingerprint density at radius 2 is 1.67 bits per heavy atom. The van der Waals surface area contributed by atoms with Crippen molar-refractivity contribution in [1.29, 1.82) is 0 Å². The molecule has 0 saturated carbocycles. The molecule has 0 radical (unpaired) electrons. The number of carbonyl (C=O) groups excluding carboxylic acids is 1. The molecule has 0 spiro atoms. The van der Waals surface area contributed by atoms with Crippen molar-refractivity contribution in [2.45, 2.75) is 13.0 Å². The van der Waals surface area contributed by atoms with Gasteiger partial charge < -0.3 is 15.1 Å². The topological polar surface area (TPSA) is 47.9 Å². The van der Waals surface area contributed by atoms with Crippen LogP contribution in [0.4, 0.5) is 0 Å². The van der Waals surface area contributed by atoms with E-state index in [2.05, 4.69) is 10.3 Å². The Morgan fingerprint density at radius 1 is 1.10 bits per heavy atom. The molecule has 0 unspecified atom stereocenters. The second-order valence-corrected chi connectivity index (χ2v) is 4.98. The van der Waals surface area contributed by atoms with Gasteiger partial charge >= 0.3 is 0 Å². The van der Waals surface area contributed by atoms with E-state index < -0.39 is 0 Å². The minimum Gasteiger partial charge on any atom is -0.352 e. The molecule has 0 atom stereocenters. The highest BCUT2D eigenvalue weighted by atomic mass is 127. The van der Waals surface area contributed by atoms with Crippen LogP contribution >= 0.6 is 24.0 Å². The van der Waals surface area contributed by atoms with Crippen molar-refractivity contribution < 1.29 is 4.79 Å². The highest BCUT2D eigenvalue weighted by Crippen LogP contribution is 1.97. The van der Waals surface area contributed by atoms with Gasteiger partial charge in [-0.3, -0.25) is 9.79 Å². The number of benzene rings is 1. The highest BCUT2D eigenvalue weighted by Gasteiger charge is 2.05. The largest absolute Gasteiger partial charge is 0.352 e. The summed E-state index contributed by atoms with van der Waals surface area (Å²) in [7, 11) is 7.76. The van der Waals surface area contributed by atoms with E-state index in [0.29, 0.717) is 19.5 Å². The van der Waals surface area contributed by atoms with E-state index in [0.717, 1.165) is 11.5 Å². The van der Waals surface area contributed by atoms with Crippen LogP contribution in [-0.4, -0.2) is 56.4 Å². The van der Waals surface area contributed by atoms with Crippen LogP contribution in [0.3, 0.4) is 0 Å². The van der Waals surface area contributed by atoms with Gasteiger partial charge in [-0.25, -0.2) is 0 Å². The minimum absolute atomic E-state index is 0. The lowest BCUT2D eigenvalue weighted by Gasteiger charge is -2.22. The molecule has 1 aromatic rings. The van der Waals surface area contributed by atoms with E-state index >= 15 is 0 Å². The van der Waals surface area contributed by atoms with Gasteiger partial charge in [-0.2, -0.15) is 0 Å². The maximum Gasteiger partial charge on any atom is 0.222 e. The number of carbonyl (C=O) groups is 1. The molecule has 1 aromatic carbocycles. The van der Waals surface area contributed by atoms with Crippen LogP contribution in [0.25, 0.3) is 0 Å². The number of guanidine groups is 1. The Balaban J connectivity index is 0.00000400. The zero-order valence-corrected chi connectivity index (χ0v) is 15.5. The van der Waals surface area contributed by atoms with Crippen molar-refractivity contribution in [1.82, 2.24) is 15.1 Å². The number of aliphatic imine (C=N–C) groups is 1. The first-order chi connectivity index (χ1) is 9.50. The average Bonchev–Trinajstić information content (AvgIpc) is 2.41. The van der Waals surface area contributed by atoms with Crippen LogP contribution in [-0.2, 0) is 11.3 Å². The zero-order chi connectivity index (χ0) is 15.0. The third kappa shape index (κ3) is 7.89. The molecule has 1 N–H and O–H groups in total. The molecule has 5 nitrogen and oxygen atoms in total. The molecule has 0 fully saturated rings. The Labute approximate surface area is 144 Å². The molecule has 1 rings (SSSR count). The summed E-state index contributed by atoms with van der Waals surface area (Å²) < 4.78 is 0. The van der Waals surface area contributed by atoms with Gasteiger partial charge in [0.25, 0.3) is 0 Å². The summed E-state index contributed by atoms with van der Waals surface area (Å²) in [6.45, 7) is 1.06. The van der Waals surface area contributed by atoms with Gasteiger partial charge in [0.05, 0.1) is 6.54 Å². The number of halogens is 1. The fourth-order valence-corrected chi connectivity index (χ4v) is 1.83. The summed E-state index contributed by atoms with van der Waals surface area (Å²) >= 11 is 0. The molecule has 0 aliphatic carbocycles. The highest BCUT2D eigenvalue weighted by molar-refractivity contribution is 14.0. The molecule has 0 saturated heterocycles. The third-order valence-electron chi connectivity index (χ3n) is 2.72. The first-order valence-electron chi connectivity index (χ1n) is 6.70. The molecule has 118 valence electrons. The van der Waals surface area contributed by atoms with Crippen molar-refractivity contribution in [3.8, 4) is 0 Å². The third-order valence-corrected chi connectivity index (χ3v) is 2.72. The standard InChI is InChI=1S/C15H24N4O.HI/c1-18(2)15(19(3)4)16-11-10-14(20)17-12-13-8-6-5-7-9-13;/h5-9H,10-12H2,1-4H3,(H,17,20);1H. The Bertz CT molecular complexity index is 436. The molecule has 0 aromatic heterocycles. The van der Waals surface area contributed by atoms with Gasteiger partial charge in [0.1, 0.15) is 0 Å².